The number of hydrogen-bond acceptors (Lipinski definition) is 1. The standard InChI is InChI=1S/C10H9FO/c11-10-3-1-2-8-7(6-12)4-5-9(8)10/h1-3,6-7H,4-5H2. The van der Waals surface area contributed by atoms with Crippen LogP contribution in [0.25, 0.3) is 0 Å². The van der Waals surface area contributed by atoms with Gasteiger partial charge in [-0.05, 0) is 30.0 Å². The number of carbonyl (C=O) groups is 1. The van der Waals surface area contributed by atoms with Gasteiger partial charge in [0.2, 0.25) is 0 Å². The molecule has 2 rings (SSSR count). The maximum Gasteiger partial charge on any atom is 0.127 e. The molecule has 1 unspecified atom stereocenters. The molecular formula is C10H9FO. The molecule has 0 saturated carbocycles. The van der Waals surface area contributed by atoms with Gasteiger partial charge in [-0.15, -0.1) is 0 Å². The Bertz CT molecular complexity index is 320. The summed E-state index contributed by atoms with van der Waals surface area (Å²) in [6.07, 6.45) is 2.37. The van der Waals surface area contributed by atoms with Gasteiger partial charge in [0, 0.05) is 5.92 Å². The zero-order valence-corrected chi connectivity index (χ0v) is 6.59. The smallest absolute Gasteiger partial charge is 0.127 e. The molecule has 0 radical (unpaired) electrons. The van der Waals surface area contributed by atoms with E-state index in [1.165, 1.54) is 6.07 Å². The average molecular weight is 164 g/mol. The number of hydrogen-bond donors (Lipinski definition) is 0. The van der Waals surface area contributed by atoms with Crippen LogP contribution >= 0.6 is 0 Å². The highest BCUT2D eigenvalue weighted by molar-refractivity contribution is 5.65. The Balaban J connectivity index is 2.52. The quantitative estimate of drug-likeness (QED) is 0.580. The van der Waals surface area contributed by atoms with E-state index in [2.05, 4.69) is 0 Å². The minimum absolute atomic E-state index is 0.0734. The summed E-state index contributed by atoms with van der Waals surface area (Å²) in [6, 6.07) is 4.95. The first-order valence-electron chi connectivity index (χ1n) is 4.05. The summed E-state index contributed by atoms with van der Waals surface area (Å²) in [5.41, 5.74) is 1.61. The minimum Gasteiger partial charge on any atom is -0.303 e. The molecule has 1 aromatic carbocycles. The Morgan fingerprint density at radius 2 is 2.33 bits per heavy atom. The molecule has 1 aromatic rings. The molecule has 0 fully saturated rings. The lowest BCUT2D eigenvalue weighted by molar-refractivity contribution is -0.109. The molecule has 0 aliphatic heterocycles. The fraction of sp³-hybridized carbons (Fsp3) is 0.300. The number of benzene rings is 1. The molecule has 1 atom stereocenters. The fourth-order valence-corrected chi connectivity index (χ4v) is 1.78. The van der Waals surface area contributed by atoms with Crippen molar-refractivity contribution in [1.82, 2.24) is 0 Å². The third-order valence-corrected chi connectivity index (χ3v) is 2.42. The van der Waals surface area contributed by atoms with Crippen LogP contribution in [-0.4, -0.2) is 6.29 Å². The highest BCUT2D eigenvalue weighted by atomic mass is 19.1. The molecule has 1 aliphatic rings. The molecule has 1 nitrogen and oxygen atoms in total. The highest BCUT2D eigenvalue weighted by Gasteiger charge is 2.23. The first-order valence-corrected chi connectivity index (χ1v) is 4.05. The summed E-state index contributed by atoms with van der Waals surface area (Å²) >= 11 is 0. The van der Waals surface area contributed by atoms with Crippen LogP contribution in [0.2, 0.25) is 0 Å². The van der Waals surface area contributed by atoms with E-state index in [1.54, 1.807) is 6.07 Å². The van der Waals surface area contributed by atoms with Gasteiger partial charge in [0.05, 0.1) is 0 Å². The van der Waals surface area contributed by atoms with Crippen LogP contribution in [0.5, 0.6) is 0 Å². The molecule has 0 N–H and O–H groups in total. The van der Waals surface area contributed by atoms with Crippen LogP contribution in [-0.2, 0) is 11.2 Å². The SMILES string of the molecule is O=CC1CCc2c(F)cccc21. The summed E-state index contributed by atoms with van der Waals surface area (Å²) in [6.45, 7) is 0. The lowest BCUT2D eigenvalue weighted by atomic mass is 10.0. The van der Waals surface area contributed by atoms with Crippen LogP contribution in [0.4, 0.5) is 4.39 Å². The van der Waals surface area contributed by atoms with E-state index in [4.69, 9.17) is 0 Å². The van der Waals surface area contributed by atoms with Crippen LogP contribution in [0, 0.1) is 5.82 Å². The Labute approximate surface area is 70.2 Å². The topological polar surface area (TPSA) is 17.1 Å². The molecule has 0 amide bonds. The molecule has 1 aliphatic carbocycles. The number of carbonyl (C=O) groups excluding carboxylic acids is 1. The van der Waals surface area contributed by atoms with E-state index in [0.29, 0.717) is 6.42 Å². The van der Waals surface area contributed by atoms with Crippen molar-refractivity contribution < 1.29 is 9.18 Å². The van der Waals surface area contributed by atoms with Crippen molar-refractivity contribution in [2.75, 3.05) is 0 Å². The van der Waals surface area contributed by atoms with E-state index < -0.39 is 0 Å². The molecule has 0 aromatic heterocycles. The summed E-state index contributed by atoms with van der Waals surface area (Å²) in [7, 11) is 0. The Kier molecular flexibility index (Phi) is 1.68. The third kappa shape index (κ3) is 0.951. The Morgan fingerprint density at radius 1 is 1.50 bits per heavy atom. The van der Waals surface area contributed by atoms with Gasteiger partial charge in [0.25, 0.3) is 0 Å². The molecular weight excluding hydrogens is 155 g/mol. The zero-order valence-electron chi connectivity index (χ0n) is 6.59. The predicted octanol–water partition coefficient (Wildman–Crippen LogP) is 2.05. The van der Waals surface area contributed by atoms with Crippen molar-refractivity contribution in [2.45, 2.75) is 18.8 Å². The van der Waals surface area contributed by atoms with Crippen molar-refractivity contribution >= 4 is 6.29 Å². The number of halogens is 1. The predicted molar refractivity (Wildman–Crippen MR) is 43.5 cm³/mol. The van der Waals surface area contributed by atoms with Crippen molar-refractivity contribution in [1.29, 1.82) is 0 Å². The van der Waals surface area contributed by atoms with Crippen molar-refractivity contribution in [3.63, 3.8) is 0 Å². The van der Waals surface area contributed by atoms with Gasteiger partial charge in [0.1, 0.15) is 12.1 Å². The monoisotopic (exact) mass is 164 g/mol. The van der Waals surface area contributed by atoms with E-state index >= 15 is 0 Å². The van der Waals surface area contributed by atoms with E-state index in [1.807, 2.05) is 6.07 Å². The molecule has 62 valence electrons. The fourth-order valence-electron chi connectivity index (χ4n) is 1.78. The molecule has 12 heavy (non-hydrogen) atoms. The molecule has 2 heteroatoms. The maximum atomic E-state index is 13.1. The second kappa shape index (κ2) is 2.70. The second-order valence-corrected chi connectivity index (χ2v) is 3.09. The van der Waals surface area contributed by atoms with Gasteiger partial charge in [0.15, 0.2) is 0 Å². The molecule has 0 heterocycles. The zero-order chi connectivity index (χ0) is 8.55. The van der Waals surface area contributed by atoms with Gasteiger partial charge >= 0.3 is 0 Å². The van der Waals surface area contributed by atoms with Crippen molar-refractivity contribution in [3.8, 4) is 0 Å². The van der Waals surface area contributed by atoms with Gasteiger partial charge in [-0.2, -0.15) is 0 Å². The number of fused-ring (bicyclic) bond motifs is 1. The van der Waals surface area contributed by atoms with Gasteiger partial charge in [-0.25, -0.2) is 4.39 Å². The van der Waals surface area contributed by atoms with Gasteiger partial charge < -0.3 is 4.79 Å². The van der Waals surface area contributed by atoms with E-state index in [0.717, 1.165) is 23.8 Å². The van der Waals surface area contributed by atoms with Crippen LogP contribution in [0.1, 0.15) is 23.5 Å². The minimum atomic E-state index is -0.170. The van der Waals surface area contributed by atoms with E-state index in [-0.39, 0.29) is 11.7 Å². The first kappa shape index (κ1) is 7.47. The van der Waals surface area contributed by atoms with Crippen LogP contribution in [0.15, 0.2) is 18.2 Å². The molecule has 0 saturated heterocycles. The van der Waals surface area contributed by atoms with Gasteiger partial charge in [-0.1, -0.05) is 12.1 Å². The van der Waals surface area contributed by atoms with Crippen LogP contribution in [0.3, 0.4) is 0 Å². The molecule has 0 spiro atoms. The second-order valence-electron chi connectivity index (χ2n) is 3.09. The normalized spacial score (nSPS) is 20.6. The van der Waals surface area contributed by atoms with Crippen molar-refractivity contribution in [3.05, 3.63) is 35.1 Å². The molecule has 0 bridgehead atoms. The Hall–Kier alpha value is -1.18. The summed E-state index contributed by atoms with van der Waals surface area (Å²) < 4.78 is 13.1. The third-order valence-electron chi connectivity index (χ3n) is 2.42. The lowest BCUT2D eigenvalue weighted by Gasteiger charge is -2.02. The lowest BCUT2D eigenvalue weighted by Crippen LogP contribution is -1.94. The summed E-state index contributed by atoms with van der Waals surface area (Å²) in [5, 5.41) is 0. The van der Waals surface area contributed by atoms with E-state index in [9.17, 15) is 9.18 Å². The highest BCUT2D eigenvalue weighted by Crippen LogP contribution is 2.32. The average Bonchev–Trinajstić information content (AvgIpc) is 2.49. The van der Waals surface area contributed by atoms with Crippen LogP contribution < -0.4 is 0 Å². The largest absolute Gasteiger partial charge is 0.303 e. The Morgan fingerprint density at radius 3 is 3.08 bits per heavy atom. The van der Waals surface area contributed by atoms with Gasteiger partial charge in [-0.3, -0.25) is 0 Å². The maximum absolute atomic E-state index is 13.1. The first-order chi connectivity index (χ1) is 5.83. The van der Waals surface area contributed by atoms with Crippen molar-refractivity contribution in [2.24, 2.45) is 0 Å². The summed E-state index contributed by atoms with van der Waals surface area (Å²) in [5.74, 6) is -0.243. The summed E-state index contributed by atoms with van der Waals surface area (Å²) in [4.78, 5) is 10.6. The number of aldehydes is 1. The number of rotatable bonds is 1.